The highest BCUT2D eigenvalue weighted by Gasteiger charge is 2.19. The zero-order valence-corrected chi connectivity index (χ0v) is 22.0. The number of carboxylic acids is 1. The number of amidine groups is 2. The lowest BCUT2D eigenvalue weighted by atomic mass is 10.2. The summed E-state index contributed by atoms with van der Waals surface area (Å²) in [5.74, 6) is 1.45. The first-order chi connectivity index (χ1) is 17.1. The topological polar surface area (TPSA) is 83.4 Å². The molecule has 0 atom stereocenters. The molecule has 0 aliphatic rings. The zero-order chi connectivity index (χ0) is 26.7. The molecule has 0 N–H and O–H groups in total. The number of nitrogens with zero attached hydrogens (tertiary/aromatic N) is 7. The van der Waals surface area contributed by atoms with Gasteiger partial charge in [-0.25, -0.2) is 0 Å². The Kier molecular flexibility index (Phi) is 10.4. The fourth-order valence-corrected chi connectivity index (χ4v) is 3.11. The number of hydrogen-bond donors (Lipinski definition) is 0. The van der Waals surface area contributed by atoms with E-state index in [1.165, 1.54) is 0 Å². The van der Waals surface area contributed by atoms with Gasteiger partial charge in [0.15, 0.2) is 24.1 Å². The van der Waals surface area contributed by atoms with Crippen molar-refractivity contribution < 1.29 is 14.6 Å². The molecule has 9 nitrogen and oxygen atoms in total. The number of hydrogen-bond acceptors (Lipinski definition) is 5. The van der Waals surface area contributed by atoms with Crippen LogP contribution >= 0.6 is 0 Å². The summed E-state index contributed by atoms with van der Waals surface area (Å²) < 4.78 is 3.70. The first kappa shape index (κ1) is 27.8. The molecule has 0 fully saturated rings. The lowest BCUT2D eigenvalue weighted by Gasteiger charge is -2.14. The van der Waals surface area contributed by atoms with Crippen LogP contribution in [0.15, 0.2) is 89.5 Å². The van der Waals surface area contributed by atoms with Gasteiger partial charge in [0.1, 0.15) is 0 Å². The number of benzene rings is 2. The van der Waals surface area contributed by atoms with Crippen molar-refractivity contribution in [3.8, 4) is 0 Å². The summed E-state index contributed by atoms with van der Waals surface area (Å²) in [6, 6.07) is 20.3. The van der Waals surface area contributed by atoms with Gasteiger partial charge in [-0.1, -0.05) is 80.2 Å². The van der Waals surface area contributed by atoms with Gasteiger partial charge in [0.25, 0.3) is 0 Å². The normalized spacial score (nSPS) is 11.6. The summed E-state index contributed by atoms with van der Waals surface area (Å²) in [4.78, 5) is 14.9. The Balaban J connectivity index is 0.00000106. The van der Waals surface area contributed by atoms with E-state index in [1.54, 1.807) is 0 Å². The lowest BCUT2D eigenvalue weighted by Crippen LogP contribution is -2.36. The summed E-state index contributed by atoms with van der Waals surface area (Å²) in [6.45, 7) is 0.972. The van der Waals surface area contributed by atoms with Crippen molar-refractivity contribution in [2.24, 2.45) is 10.2 Å². The smallest absolute Gasteiger partial charge is 0.334 e. The Morgan fingerprint density at radius 2 is 1.33 bits per heavy atom. The standard InChI is InChI=1S/C25H32N7.C2H4O2/c1-28(2)18-17-23-31(26-24(29(3)4)21-13-9-7-10-14-21)19-20-32(23)27-25(30(5)6)22-15-11-8-12-16-22;1-2(3)4/h7-20H,1-6H3;1H3,(H,3,4)/q+1;/p-1. The van der Waals surface area contributed by atoms with Crippen LogP contribution in [0.5, 0.6) is 0 Å². The second-order valence-electron chi connectivity index (χ2n) is 8.48. The minimum Gasteiger partial charge on any atom is -0.550 e. The van der Waals surface area contributed by atoms with E-state index in [0.717, 1.165) is 35.5 Å². The van der Waals surface area contributed by atoms with Crippen LogP contribution < -0.4 is 9.78 Å². The highest BCUT2D eigenvalue weighted by Crippen LogP contribution is 2.08. The van der Waals surface area contributed by atoms with Crippen LogP contribution in [0.25, 0.3) is 6.08 Å². The van der Waals surface area contributed by atoms with E-state index in [9.17, 15) is 0 Å². The van der Waals surface area contributed by atoms with Gasteiger partial charge >= 0.3 is 5.82 Å². The summed E-state index contributed by atoms with van der Waals surface area (Å²) in [5.41, 5.74) is 2.09. The third kappa shape index (κ3) is 8.43. The number of aromatic nitrogens is 2. The molecule has 3 rings (SSSR count). The molecule has 0 aliphatic carbocycles. The molecule has 0 unspecified atom stereocenters. The molecule has 0 saturated carbocycles. The average Bonchev–Trinajstić information content (AvgIpc) is 3.21. The van der Waals surface area contributed by atoms with Crippen LogP contribution in [0.1, 0.15) is 23.9 Å². The lowest BCUT2D eigenvalue weighted by molar-refractivity contribution is -0.680. The fraction of sp³-hybridized carbons (Fsp3) is 0.259. The van der Waals surface area contributed by atoms with Crippen LogP contribution in [-0.4, -0.2) is 79.3 Å². The quantitative estimate of drug-likeness (QED) is 0.298. The second-order valence-corrected chi connectivity index (χ2v) is 8.48. The molecule has 0 aliphatic heterocycles. The molecule has 9 heteroatoms. The monoisotopic (exact) mass is 489 g/mol. The van der Waals surface area contributed by atoms with Crippen molar-refractivity contribution >= 4 is 23.7 Å². The largest absolute Gasteiger partial charge is 0.550 e. The highest BCUT2D eigenvalue weighted by atomic mass is 16.4. The molecule has 0 bridgehead atoms. The molecule has 190 valence electrons. The van der Waals surface area contributed by atoms with Crippen molar-refractivity contribution in [3.05, 3.63) is 96.2 Å². The Morgan fingerprint density at radius 1 is 0.861 bits per heavy atom. The zero-order valence-electron chi connectivity index (χ0n) is 22.0. The molecular formula is C27H35N7O2. The maximum Gasteiger partial charge on any atom is 0.334 e. The molecule has 3 aromatic rings. The van der Waals surface area contributed by atoms with E-state index >= 15 is 0 Å². The molecular weight excluding hydrogens is 454 g/mol. The number of rotatable bonds is 6. The molecule has 0 radical (unpaired) electrons. The minimum absolute atomic E-state index is 0.823. The highest BCUT2D eigenvalue weighted by molar-refractivity contribution is 5.98. The van der Waals surface area contributed by atoms with E-state index in [-0.39, 0.29) is 0 Å². The van der Waals surface area contributed by atoms with Crippen LogP contribution in [0.4, 0.5) is 0 Å². The molecule has 1 aromatic heterocycles. The number of carbonyl (C=O) groups excluding carboxylic acids is 1. The van der Waals surface area contributed by atoms with Gasteiger partial charge in [-0.15, -0.1) is 0 Å². The van der Waals surface area contributed by atoms with Gasteiger partial charge in [0, 0.05) is 71.7 Å². The Hall–Kier alpha value is -4.40. The van der Waals surface area contributed by atoms with Crippen molar-refractivity contribution in [1.82, 2.24) is 19.4 Å². The second kappa shape index (κ2) is 13.5. The SMILES string of the molecule is CC(=O)[O-].CN(C)C=Cc1n(N=C(c2ccccc2)N(C)C)cc[n+]1N=C(c1ccccc1)N(C)C. The fourth-order valence-electron chi connectivity index (χ4n) is 3.11. The minimum atomic E-state index is -1.08. The molecule has 36 heavy (non-hydrogen) atoms. The molecule has 0 saturated heterocycles. The van der Waals surface area contributed by atoms with Crippen molar-refractivity contribution in [3.63, 3.8) is 0 Å². The van der Waals surface area contributed by atoms with Crippen LogP contribution in [-0.2, 0) is 4.79 Å². The van der Waals surface area contributed by atoms with Gasteiger partial charge in [-0.05, 0) is 6.92 Å². The number of carbonyl (C=O) groups is 1. The summed E-state index contributed by atoms with van der Waals surface area (Å²) >= 11 is 0. The van der Waals surface area contributed by atoms with Gasteiger partial charge in [-0.3, -0.25) is 0 Å². The van der Waals surface area contributed by atoms with Crippen LogP contribution in [0, 0.1) is 0 Å². The van der Waals surface area contributed by atoms with Gasteiger partial charge < -0.3 is 24.6 Å². The first-order valence-corrected chi connectivity index (χ1v) is 11.4. The van der Waals surface area contributed by atoms with Crippen LogP contribution in [0.3, 0.4) is 0 Å². The summed E-state index contributed by atoms with van der Waals surface area (Å²) in [7, 11) is 12.0. The van der Waals surface area contributed by atoms with E-state index in [2.05, 4.69) is 24.3 Å². The average molecular weight is 490 g/mol. The van der Waals surface area contributed by atoms with E-state index in [4.69, 9.17) is 20.1 Å². The maximum absolute atomic E-state index is 8.89. The van der Waals surface area contributed by atoms with Crippen molar-refractivity contribution in [2.45, 2.75) is 6.92 Å². The molecule has 0 amide bonds. The number of aliphatic carboxylic acids is 1. The van der Waals surface area contributed by atoms with E-state index < -0.39 is 5.97 Å². The van der Waals surface area contributed by atoms with E-state index in [0.29, 0.717) is 0 Å². The Bertz CT molecular complexity index is 1110. The van der Waals surface area contributed by atoms with Gasteiger partial charge in [-0.2, -0.15) is 0 Å². The van der Waals surface area contributed by atoms with Crippen molar-refractivity contribution in [1.29, 1.82) is 0 Å². The number of imidazole rings is 1. The van der Waals surface area contributed by atoms with Crippen LogP contribution in [0.2, 0.25) is 0 Å². The summed E-state index contributed by atoms with van der Waals surface area (Å²) in [5, 5.41) is 18.8. The molecule has 1 heterocycles. The third-order valence-corrected chi connectivity index (χ3v) is 4.66. The summed E-state index contributed by atoms with van der Waals surface area (Å²) in [6.07, 6.45) is 7.83. The Morgan fingerprint density at radius 3 is 1.78 bits per heavy atom. The third-order valence-electron chi connectivity index (χ3n) is 4.66. The molecule has 0 spiro atoms. The molecule has 2 aromatic carbocycles. The number of carboxylic acid groups (broad SMARTS) is 1. The maximum atomic E-state index is 8.89. The van der Waals surface area contributed by atoms with Crippen molar-refractivity contribution in [2.75, 3.05) is 42.3 Å². The first-order valence-electron chi connectivity index (χ1n) is 11.4. The predicted molar refractivity (Wildman–Crippen MR) is 142 cm³/mol. The van der Waals surface area contributed by atoms with Gasteiger partial charge in [0.2, 0.25) is 0 Å². The van der Waals surface area contributed by atoms with E-state index in [1.807, 2.05) is 127 Å². The Labute approximate surface area is 213 Å². The van der Waals surface area contributed by atoms with Gasteiger partial charge in [0.05, 0.1) is 0 Å². The predicted octanol–water partition coefficient (Wildman–Crippen LogP) is 1.61.